The summed E-state index contributed by atoms with van der Waals surface area (Å²) in [4.78, 5) is 20.0. The molecule has 0 N–H and O–H groups in total. The van der Waals surface area contributed by atoms with Gasteiger partial charge in [-0.25, -0.2) is 8.78 Å². The van der Waals surface area contributed by atoms with Crippen LogP contribution in [0.15, 0.2) is 96.2 Å². The predicted molar refractivity (Wildman–Crippen MR) is 210 cm³/mol. The SMILES string of the molecule is Fc1cc(-c2cc3cc4cc5sc(-c6cc(F)c(-c7ccc(-c8cncs8)s7)s6)cc5cc4cc3s2)sc1-c1ccc(-c2cncs2)s1. The number of thiophene rings is 6. The summed E-state index contributed by atoms with van der Waals surface area (Å²) in [5.41, 5.74) is 3.64. The minimum Gasteiger partial charge on any atom is -0.252 e. The minimum atomic E-state index is -0.180. The first-order chi connectivity index (χ1) is 23.5. The molecule has 10 aromatic rings. The monoisotopic (exact) mass is 770 g/mol. The second-order valence-corrected chi connectivity index (χ2v) is 19.2. The third-order valence-electron chi connectivity index (χ3n) is 7.98. The van der Waals surface area contributed by atoms with Crippen LogP contribution in [0.3, 0.4) is 0 Å². The van der Waals surface area contributed by atoms with Crippen LogP contribution < -0.4 is 0 Å². The van der Waals surface area contributed by atoms with Gasteiger partial charge in [-0.2, -0.15) is 0 Å². The Bertz CT molecular complexity index is 2510. The van der Waals surface area contributed by atoms with Gasteiger partial charge in [0.2, 0.25) is 0 Å². The molecule has 0 radical (unpaired) electrons. The van der Waals surface area contributed by atoms with Crippen LogP contribution in [0.5, 0.6) is 0 Å². The Morgan fingerprint density at radius 3 is 1.25 bits per heavy atom. The lowest BCUT2D eigenvalue weighted by Gasteiger charge is -1.99. The molecule has 0 aliphatic heterocycles. The van der Waals surface area contributed by atoms with Crippen LogP contribution >= 0.6 is 90.7 Å². The van der Waals surface area contributed by atoms with Gasteiger partial charge in [0.05, 0.1) is 30.5 Å². The van der Waals surface area contributed by atoms with E-state index in [1.807, 2.05) is 47.7 Å². The quantitative estimate of drug-likeness (QED) is 0.168. The maximum Gasteiger partial charge on any atom is 0.143 e. The molecule has 2 aromatic carbocycles. The maximum absolute atomic E-state index is 15.3. The third-order valence-corrected chi connectivity index (χ3v) is 17.3. The molecular weight excluding hydrogens is 755 g/mol. The van der Waals surface area contributed by atoms with Crippen molar-refractivity contribution in [3.63, 3.8) is 0 Å². The lowest BCUT2D eigenvalue weighted by molar-refractivity contribution is 0.636. The van der Waals surface area contributed by atoms with E-state index in [-0.39, 0.29) is 11.6 Å². The molecule has 0 aliphatic carbocycles. The van der Waals surface area contributed by atoms with Crippen molar-refractivity contribution >= 4 is 122 Å². The molecule has 0 fully saturated rings. The second-order valence-electron chi connectivity index (χ2n) is 11.0. The molecule has 0 amide bonds. The fourth-order valence-corrected chi connectivity index (χ4v) is 13.8. The molecule has 0 unspecified atom stereocenters. The summed E-state index contributed by atoms with van der Waals surface area (Å²) in [6.07, 6.45) is 3.71. The number of hydrogen-bond donors (Lipinski definition) is 0. The molecular formula is C36H16F2N2S8. The zero-order chi connectivity index (χ0) is 31.9. The standard InChI is InChI=1S/C36H16F2N2S8/c37-21-11-31(47-35(21)25-3-1-23(43-25)33-13-39-15-41-33)29-9-19-5-17-8-28-20(6-18(17)7-27(19)45-29)10-30(46-28)32-12-22(38)36(48-32)26-4-2-24(44-26)34-14-40-16-42-34/h1-16H. The fourth-order valence-electron chi connectivity index (χ4n) is 5.74. The molecule has 0 spiro atoms. The molecule has 8 heterocycles. The molecule has 0 bridgehead atoms. The van der Waals surface area contributed by atoms with E-state index in [2.05, 4.69) is 46.4 Å². The molecule has 0 atom stereocenters. The fraction of sp³-hybridized carbons (Fsp3) is 0. The summed E-state index contributed by atoms with van der Waals surface area (Å²) >= 11 is 12.8. The average molecular weight is 771 g/mol. The Morgan fingerprint density at radius 1 is 0.375 bits per heavy atom. The molecule has 0 saturated heterocycles. The van der Waals surface area contributed by atoms with E-state index >= 15 is 8.78 Å². The van der Waals surface area contributed by atoms with Crippen LogP contribution in [0.2, 0.25) is 0 Å². The van der Waals surface area contributed by atoms with Gasteiger partial charge in [0, 0.05) is 60.8 Å². The van der Waals surface area contributed by atoms with Crippen LogP contribution in [0, 0.1) is 11.6 Å². The summed E-state index contributed by atoms with van der Waals surface area (Å²) in [7, 11) is 0. The number of benzene rings is 2. The Labute approximate surface area is 304 Å². The molecule has 0 saturated carbocycles. The van der Waals surface area contributed by atoms with E-state index in [0.29, 0.717) is 9.75 Å². The number of rotatable bonds is 6. The van der Waals surface area contributed by atoms with Crippen molar-refractivity contribution in [1.29, 1.82) is 0 Å². The van der Waals surface area contributed by atoms with Gasteiger partial charge in [0.15, 0.2) is 0 Å². The number of halogens is 2. The van der Waals surface area contributed by atoms with Crippen LogP contribution in [-0.4, -0.2) is 9.97 Å². The zero-order valence-corrected chi connectivity index (χ0v) is 30.7. The molecule has 48 heavy (non-hydrogen) atoms. The van der Waals surface area contributed by atoms with Crippen molar-refractivity contribution in [3.05, 3.63) is 108 Å². The highest BCUT2D eigenvalue weighted by Gasteiger charge is 2.19. The lowest BCUT2D eigenvalue weighted by atomic mass is 10.1. The van der Waals surface area contributed by atoms with E-state index < -0.39 is 0 Å². The Hall–Kier alpha value is -3.46. The Balaban J connectivity index is 0.962. The smallest absolute Gasteiger partial charge is 0.143 e. The first kappa shape index (κ1) is 29.5. The van der Waals surface area contributed by atoms with Crippen LogP contribution in [-0.2, 0) is 0 Å². The van der Waals surface area contributed by atoms with Crippen molar-refractivity contribution in [2.75, 3.05) is 0 Å². The van der Waals surface area contributed by atoms with Crippen LogP contribution in [0.4, 0.5) is 8.78 Å². The predicted octanol–water partition coefficient (Wildman–Crippen LogP) is 14.7. The normalized spacial score (nSPS) is 12.0. The van der Waals surface area contributed by atoms with E-state index in [1.165, 1.54) is 32.1 Å². The van der Waals surface area contributed by atoms with Crippen molar-refractivity contribution in [3.8, 4) is 58.5 Å². The number of fused-ring (bicyclic) bond motifs is 3. The zero-order valence-electron chi connectivity index (χ0n) is 24.2. The summed E-state index contributed by atoms with van der Waals surface area (Å²) < 4.78 is 32.8. The van der Waals surface area contributed by atoms with E-state index in [9.17, 15) is 0 Å². The number of aromatic nitrogens is 2. The minimum absolute atomic E-state index is 0.180. The van der Waals surface area contributed by atoms with Crippen molar-refractivity contribution in [2.45, 2.75) is 0 Å². The van der Waals surface area contributed by atoms with E-state index in [1.54, 1.807) is 80.2 Å². The molecule has 12 heteroatoms. The lowest BCUT2D eigenvalue weighted by Crippen LogP contribution is -1.72. The van der Waals surface area contributed by atoms with Crippen LogP contribution in [0.1, 0.15) is 0 Å². The molecule has 0 aliphatic rings. The summed E-state index contributed by atoms with van der Waals surface area (Å²) in [5, 5.41) is 4.62. The topological polar surface area (TPSA) is 25.8 Å². The summed E-state index contributed by atoms with van der Waals surface area (Å²) in [5.74, 6) is -0.361. The second kappa shape index (κ2) is 11.6. The highest BCUT2D eigenvalue weighted by Crippen LogP contribution is 2.48. The first-order valence-corrected chi connectivity index (χ1v) is 21.2. The third kappa shape index (κ3) is 5.05. The number of hydrogen-bond acceptors (Lipinski definition) is 10. The largest absolute Gasteiger partial charge is 0.252 e. The van der Waals surface area contributed by atoms with Crippen LogP contribution in [0.25, 0.3) is 89.5 Å². The Morgan fingerprint density at radius 2 is 0.812 bits per heavy atom. The van der Waals surface area contributed by atoms with Crippen molar-refractivity contribution in [1.82, 2.24) is 9.97 Å². The van der Waals surface area contributed by atoms with Gasteiger partial charge >= 0.3 is 0 Å². The summed E-state index contributed by atoms with van der Waals surface area (Å²) in [6, 6.07) is 24.7. The van der Waals surface area contributed by atoms with Gasteiger partial charge in [-0.05, 0) is 94.3 Å². The molecule has 2 nitrogen and oxygen atoms in total. The van der Waals surface area contributed by atoms with Gasteiger partial charge in [-0.3, -0.25) is 9.97 Å². The van der Waals surface area contributed by atoms with Gasteiger partial charge in [-0.15, -0.1) is 90.7 Å². The molecule has 8 aromatic heterocycles. The molecule has 10 rings (SSSR count). The average Bonchev–Trinajstić information content (AvgIpc) is 3.92. The molecule has 232 valence electrons. The highest BCUT2D eigenvalue weighted by molar-refractivity contribution is 7.30. The number of nitrogens with zero attached hydrogens (tertiary/aromatic N) is 2. The first-order valence-electron chi connectivity index (χ1n) is 14.5. The van der Waals surface area contributed by atoms with E-state index in [0.717, 1.165) is 70.3 Å². The maximum atomic E-state index is 15.3. The van der Waals surface area contributed by atoms with Gasteiger partial charge in [0.1, 0.15) is 11.6 Å². The number of thiazole rings is 2. The van der Waals surface area contributed by atoms with E-state index in [4.69, 9.17) is 0 Å². The van der Waals surface area contributed by atoms with Gasteiger partial charge in [-0.1, -0.05) is 0 Å². The summed E-state index contributed by atoms with van der Waals surface area (Å²) in [6.45, 7) is 0. The van der Waals surface area contributed by atoms with Crippen molar-refractivity contribution in [2.24, 2.45) is 0 Å². The van der Waals surface area contributed by atoms with Gasteiger partial charge < -0.3 is 0 Å². The van der Waals surface area contributed by atoms with Gasteiger partial charge in [0.25, 0.3) is 0 Å². The Kier molecular flexibility index (Phi) is 7.10. The highest BCUT2D eigenvalue weighted by atomic mass is 32.1. The van der Waals surface area contributed by atoms with Crippen molar-refractivity contribution < 1.29 is 8.78 Å².